The standard InChI is InChI=1S/C16H21F3N2O2/c1-11-4-6-13(7-5-11)23-10-15(22)21-8-12(2)20(3)14(9-21)16(17,18)19/h4-7,12,14H,8-10H2,1-3H3. The molecule has 1 heterocycles. The number of ether oxygens (including phenoxy) is 1. The molecule has 0 aromatic heterocycles. The molecule has 1 aliphatic heterocycles. The van der Waals surface area contributed by atoms with E-state index in [0.29, 0.717) is 5.75 Å². The van der Waals surface area contributed by atoms with Gasteiger partial charge in [-0.15, -0.1) is 0 Å². The van der Waals surface area contributed by atoms with Gasteiger partial charge in [0.1, 0.15) is 11.8 Å². The van der Waals surface area contributed by atoms with Gasteiger partial charge in [-0.3, -0.25) is 9.69 Å². The lowest BCUT2D eigenvalue weighted by molar-refractivity contribution is -0.201. The number of likely N-dealkylation sites (N-methyl/N-ethyl adjacent to an activating group) is 1. The normalized spacial score (nSPS) is 23.0. The first-order chi connectivity index (χ1) is 10.7. The SMILES string of the molecule is Cc1ccc(OCC(=O)N2CC(C)N(C)C(C(F)(F)F)C2)cc1. The Labute approximate surface area is 133 Å². The van der Waals surface area contributed by atoms with Crippen molar-refractivity contribution in [2.45, 2.75) is 32.1 Å². The van der Waals surface area contributed by atoms with Gasteiger partial charge in [0.15, 0.2) is 6.61 Å². The van der Waals surface area contributed by atoms with Crippen molar-refractivity contribution in [2.75, 3.05) is 26.7 Å². The molecule has 1 aromatic rings. The van der Waals surface area contributed by atoms with Crippen molar-refractivity contribution in [1.29, 1.82) is 0 Å². The summed E-state index contributed by atoms with van der Waals surface area (Å²) in [6.07, 6.45) is -4.36. The Morgan fingerprint density at radius 1 is 1.26 bits per heavy atom. The quantitative estimate of drug-likeness (QED) is 0.853. The minimum Gasteiger partial charge on any atom is -0.484 e. The van der Waals surface area contributed by atoms with Crippen LogP contribution in [0.3, 0.4) is 0 Å². The molecule has 0 N–H and O–H groups in total. The fraction of sp³-hybridized carbons (Fsp3) is 0.562. The molecule has 1 aliphatic rings. The van der Waals surface area contributed by atoms with Crippen LogP contribution in [0.2, 0.25) is 0 Å². The van der Waals surface area contributed by atoms with E-state index >= 15 is 0 Å². The molecule has 2 unspecified atom stereocenters. The molecular formula is C16H21F3N2O2. The highest BCUT2D eigenvalue weighted by Gasteiger charge is 2.47. The zero-order valence-electron chi connectivity index (χ0n) is 13.4. The fourth-order valence-corrected chi connectivity index (χ4v) is 2.58. The van der Waals surface area contributed by atoms with E-state index in [0.717, 1.165) is 5.56 Å². The predicted molar refractivity (Wildman–Crippen MR) is 80.3 cm³/mol. The first-order valence-electron chi connectivity index (χ1n) is 7.44. The molecule has 0 aliphatic carbocycles. The van der Waals surface area contributed by atoms with Crippen molar-refractivity contribution in [3.05, 3.63) is 29.8 Å². The van der Waals surface area contributed by atoms with Crippen LogP contribution in [0.4, 0.5) is 13.2 Å². The van der Waals surface area contributed by atoms with Gasteiger partial charge >= 0.3 is 6.18 Å². The van der Waals surface area contributed by atoms with E-state index in [4.69, 9.17) is 4.74 Å². The number of benzene rings is 1. The Hall–Kier alpha value is -1.76. The van der Waals surface area contributed by atoms with Gasteiger partial charge in [0, 0.05) is 19.1 Å². The summed E-state index contributed by atoms with van der Waals surface area (Å²) >= 11 is 0. The second-order valence-corrected chi connectivity index (χ2v) is 5.97. The smallest absolute Gasteiger partial charge is 0.405 e. The lowest BCUT2D eigenvalue weighted by Gasteiger charge is -2.44. The number of aryl methyl sites for hydroxylation is 1. The molecule has 2 atom stereocenters. The molecule has 1 saturated heterocycles. The van der Waals surface area contributed by atoms with Crippen LogP contribution in [0.25, 0.3) is 0 Å². The summed E-state index contributed by atoms with van der Waals surface area (Å²) in [5.41, 5.74) is 1.06. The van der Waals surface area contributed by atoms with Crippen molar-refractivity contribution < 1.29 is 22.7 Å². The van der Waals surface area contributed by atoms with E-state index in [9.17, 15) is 18.0 Å². The van der Waals surface area contributed by atoms with E-state index in [-0.39, 0.29) is 25.7 Å². The third-order valence-corrected chi connectivity index (χ3v) is 4.18. The molecule has 0 spiro atoms. The third kappa shape index (κ3) is 4.37. The van der Waals surface area contributed by atoms with Crippen molar-refractivity contribution in [2.24, 2.45) is 0 Å². The average molecular weight is 330 g/mol. The van der Waals surface area contributed by atoms with E-state index in [1.807, 2.05) is 19.1 Å². The lowest BCUT2D eigenvalue weighted by Crippen LogP contribution is -2.62. The Morgan fingerprint density at radius 2 is 1.87 bits per heavy atom. The molecule has 0 bridgehead atoms. The summed E-state index contributed by atoms with van der Waals surface area (Å²) in [6.45, 7) is 3.25. The largest absolute Gasteiger partial charge is 0.484 e. The van der Waals surface area contributed by atoms with Crippen LogP contribution in [0, 0.1) is 6.92 Å². The van der Waals surface area contributed by atoms with Crippen molar-refractivity contribution in [3.63, 3.8) is 0 Å². The number of carbonyl (C=O) groups excluding carboxylic acids is 1. The number of piperazine rings is 1. The van der Waals surface area contributed by atoms with Gasteiger partial charge in [-0.2, -0.15) is 13.2 Å². The number of amides is 1. The van der Waals surface area contributed by atoms with Gasteiger partial charge in [0.2, 0.25) is 0 Å². The number of halogens is 3. The highest BCUT2D eigenvalue weighted by molar-refractivity contribution is 5.78. The second-order valence-electron chi connectivity index (χ2n) is 5.97. The zero-order valence-corrected chi connectivity index (χ0v) is 13.4. The molecule has 1 fully saturated rings. The topological polar surface area (TPSA) is 32.8 Å². The Balaban J connectivity index is 1.97. The van der Waals surface area contributed by atoms with Crippen molar-refractivity contribution >= 4 is 5.91 Å². The minimum absolute atomic E-state index is 0.260. The molecule has 1 aromatic carbocycles. The van der Waals surface area contributed by atoms with Gasteiger partial charge in [-0.1, -0.05) is 17.7 Å². The van der Waals surface area contributed by atoms with Crippen LogP contribution in [-0.4, -0.2) is 60.7 Å². The molecule has 2 rings (SSSR count). The van der Waals surface area contributed by atoms with Gasteiger partial charge in [-0.05, 0) is 33.0 Å². The number of alkyl halides is 3. The van der Waals surface area contributed by atoms with E-state index in [1.165, 1.54) is 16.8 Å². The highest BCUT2D eigenvalue weighted by Crippen LogP contribution is 2.29. The molecule has 1 amide bonds. The summed E-state index contributed by atoms with van der Waals surface area (Å²) in [6, 6.07) is 5.14. The maximum absolute atomic E-state index is 13.1. The molecule has 4 nitrogen and oxygen atoms in total. The Bertz CT molecular complexity index is 545. The summed E-state index contributed by atoms with van der Waals surface area (Å²) in [5, 5.41) is 0. The van der Waals surface area contributed by atoms with E-state index in [2.05, 4.69) is 0 Å². The maximum atomic E-state index is 13.1. The Kier molecular flexibility index (Phi) is 5.19. The van der Waals surface area contributed by atoms with Crippen LogP contribution in [-0.2, 0) is 4.79 Å². The van der Waals surface area contributed by atoms with Crippen molar-refractivity contribution in [3.8, 4) is 5.75 Å². The monoisotopic (exact) mass is 330 g/mol. The highest BCUT2D eigenvalue weighted by atomic mass is 19.4. The summed E-state index contributed by atoms with van der Waals surface area (Å²) < 4.78 is 44.6. The number of rotatable bonds is 3. The first kappa shape index (κ1) is 17.6. The van der Waals surface area contributed by atoms with Crippen molar-refractivity contribution in [1.82, 2.24) is 9.80 Å². The number of carbonyl (C=O) groups is 1. The average Bonchev–Trinajstić information content (AvgIpc) is 2.47. The summed E-state index contributed by atoms with van der Waals surface area (Å²) in [5.74, 6) is 0.0956. The molecular weight excluding hydrogens is 309 g/mol. The van der Waals surface area contributed by atoms with Crippen LogP contribution in [0.15, 0.2) is 24.3 Å². The fourth-order valence-electron chi connectivity index (χ4n) is 2.58. The third-order valence-electron chi connectivity index (χ3n) is 4.18. The van der Waals surface area contributed by atoms with Crippen LogP contribution in [0.5, 0.6) is 5.75 Å². The summed E-state index contributed by atoms with van der Waals surface area (Å²) in [7, 11) is 1.44. The zero-order chi connectivity index (χ0) is 17.2. The number of nitrogens with zero attached hydrogens (tertiary/aromatic N) is 2. The van der Waals surface area contributed by atoms with Gasteiger partial charge < -0.3 is 9.64 Å². The van der Waals surface area contributed by atoms with E-state index in [1.54, 1.807) is 19.1 Å². The molecule has 7 heteroatoms. The Morgan fingerprint density at radius 3 is 2.43 bits per heavy atom. The second kappa shape index (κ2) is 6.78. The van der Waals surface area contributed by atoms with Crippen LogP contribution >= 0.6 is 0 Å². The minimum atomic E-state index is -4.36. The van der Waals surface area contributed by atoms with Gasteiger partial charge in [0.25, 0.3) is 5.91 Å². The van der Waals surface area contributed by atoms with E-state index < -0.39 is 18.1 Å². The lowest BCUT2D eigenvalue weighted by atomic mass is 10.1. The number of hydrogen-bond donors (Lipinski definition) is 0. The number of hydrogen-bond acceptors (Lipinski definition) is 3. The molecule has 23 heavy (non-hydrogen) atoms. The summed E-state index contributed by atoms with van der Waals surface area (Å²) in [4.78, 5) is 14.7. The van der Waals surface area contributed by atoms with Gasteiger partial charge in [0.05, 0.1) is 0 Å². The maximum Gasteiger partial charge on any atom is 0.405 e. The first-order valence-corrected chi connectivity index (χ1v) is 7.44. The molecule has 0 radical (unpaired) electrons. The van der Waals surface area contributed by atoms with Crippen LogP contribution < -0.4 is 4.74 Å². The molecule has 128 valence electrons. The van der Waals surface area contributed by atoms with Gasteiger partial charge in [-0.25, -0.2) is 0 Å². The molecule has 0 saturated carbocycles. The predicted octanol–water partition coefficient (Wildman–Crippen LogP) is 2.47. The van der Waals surface area contributed by atoms with Crippen LogP contribution in [0.1, 0.15) is 12.5 Å².